The molecule has 3 atom stereocenters. The molecule has 35 heavy (non-hydrogen) atoms. The lowest BCUT2D eigenvalue weighted by Gasteiger charge is -2.45. The molecule has 3 heteroatoms. The van der Waals surface area contributed by atoms with Crippen LogP contribution < -0.4 is 10.6 Å². The molecule has 0 spiro atoms. The Morgan fingerprint density at radius 1 is 0.657 bits per heavy atom. The quantitative estimate of drug-likeness (QED) is 0.221. The van der Waals surface area contributed by atoms with Crippen LogP contribution in [0.5, 0.6) is 0 Å². The van der Waals surface area contributed by atoms with Gasteiger partial charge in [-0.25, -0.2) is 4.44 Å². The second-order valence-electron chi connectivity index (χ2n) is 9.37. The minimum Gasteiger partial charge on any atom is -0.249 e. The van der Waals surface area contributed by atoms with Gasteiger partial charge in [-0.05, 0) is 56.0 Å². The van der Waals surface area contributed by atoms with Crippen molar-refractivity contribution < 1.29 is 0 Å². The Balaban J connectivity index is 1.69. The molecule has 4 aromatic rings. The maximum Gasteiger partial charge on any atom is 0.0321 e. The fourth-order valence-electron chi connectivity index (χ4n) is 5.29. The van der Waals surface area contributed by atoms with Crippen molar-refractivity contribution in [3.05, 3.63) is 132 Å². The van der Waals surface area contributed by atoms with Crippen LogP contribution >= 0.6 is 16.1 Å². The highest BCUT2D eigenvalue weighted by Crippen LogP contribution is 2.76. The standard InChI is InChI=1S/C32H35NP2/c1-3-26(2)33(34(29-20-12-6-13-21-29)30-22-14-7-15-23-30)35-31(27-16-8-4-9-17-27)24-25-32(35)28-18-10-5-11-19-28/h4-23,26,31-32H,3,24-25H2,1-2H3/t26-,31+,32+/m1/s1. The fraction of sp³-hybridized carbons (Fsp3) is 0.250. The summed E-state index contributed by atoms with van der Waals surface area (Å²) in [6.07, 6.45) is 3.67. The minimum atomic E-state index is -0.642. The number of benzene rings is 4. The second-order valence-corrected chi connectivity index (χ2v) is 14.2. The zero-order chi connectivity index (χ0) is 24.0. The van der Waals surface area contributed by atoms with E-state index in [0.29, 0.717) is 17.4 Å². The average Bonchev–Trinajstić information content (AvgIpc) is 3.38. The molecular weight excluding hydrogens is 460 g/mol. The Labute approximate surface area is 213 Å². The van der Waals surface area contributed by atoms with Crippen molar-refractivity contribution in [2.24, 2.45) is 0 Å². The van der Waals surface area contributed by atoms with E-state index in [9.17, 15) is 0 Å². The number of hydrogen-bond acceptors (Lipinski definition) is 1. The van der Waals surface area contributed by atoms with Gasteiger partial charge in [-0.1, -0.05) is 128 Å². The molecule has 0 unspecified atom stereocenters. The zero-order valence-corrected chi connectivity index (χ0v) is 22.5. The normalized spacial score (nSPS) is 19.3. The van der Waals surface area contributed by atoms with Gasteiger partial charge in [0, 0.05) is 25.4 Å². The fourth-order valence-corrected chi connectivity index (χ4v) is 13.1. The lowest BCUT2D eigenvalue weighted by Crippen LogP contribution is -2.33. The highest BCUT2D eigenvalue weighted by atomic mass is 31.2. The van der Waals surface area contributed by atoms with Crippen LogP contribution in [0.25, 0.3) is 0 Å². The Morgan fingerprint density at radius 3 is 1.40 bits per heavy atom. The van der Waals surface area contributed by atoms with Gasteiger partial charge in [0.15, 0.2) is 0 Å². The summed E-state index contributed by atoms with van der Waals surface area (Å²) >= 11 is 0. The second kappa shape index (κ2) is 11.6. The van der Waals surface area contributed by atoms with Gasteiger partial charge in [0.05, 0.1) is 0 Å². The molecule has 0 radical (unpaired) electrons. The first-order chi connectivity index (χ1) is 17.3. The van der Waals surface area contributed by atoms with Gasteiger partial charge in [-0.15, -0.1) is 0 Å². The molecule has 1 aliphatic heterocycles. The van der Waals surface area contributed by atoms with E-state index in [1.165, 1.54) is 34.6 Å². The Morgan fingerprint density at radius 2 is 1.03 bits per heavy atom. The predicted molar refractivity (Wildman–Crippen MR) is 155 cm³/mol. The number of nitrogens with zero attached hydrogens (tertiary/aromatic N) is 1. The summed E-state index contributed by atoms with van der Waals surface area (Å²) in [6.45, 7) is 4.83. The lowest BCUT2D eigenvalue weighted by molar-refractivity contribution is 0.510. The van der Waals surface area contributed by atoms with Crippen LogP contribution in [0, 0.1) is 0 Å². The first-order valence-electron chi connectivity index (χ1n) is 12.9. The van der Waals surface area contributed by atoms with E-state index >= 15 is 0 Å². The molecule has 178 valence electrons. The van der Waals surface area contributed by atoms with Crippen LogP contribution in [0.4, 0.5) is 0 Å². The van der Waals surface area contributed by atoms with Gasteiger partial charge in [-0.3, -0.25) is 0 Å². The molecule has 1 fully saturated rings. The Kier molecular flexibility index (Phi) is 8.10. The molecular formula is C32H35NP2. The summed E-state index contributed by atoms with van der Waals surface area (Å²) in [4.78, 5) is 0. The molecule has 0 bridgehead atoms. The van der Waals surface area contributed by atoms with Gasteiger partial charge in [-0.2, -0.15) is 0 Å². The van der Waals surface area contributed by atoms with E-state index < -0.39 is 16.1 Å². The van der Waals surface area contributed by atoms with E-state index in [1.807, 2.05) is 0 Å². The molecule has 4 aromatic carbocycles. The summed E-state index contributed by atoms with van der Waals surface area (Å²) in [6, 6.07) is 45.8. The molecule has 5 rings (SSSR count). The molecule has 0 saturated carbocycles. The van der Waals surface area contributed by atoms with Gasteiger partial charge < -0.3 is 0 Å². The van der Waals surface area contributed by atoms with E-state index in [4.69, 9.17) is 0 Å². The molecule has 0 N–H and O–H groups in total. The summed E-state index contributed by atoms with van der Waals surface area (Å²) in [5, 5.41) is 2.92. The lowest BCUT2D eigenvalue weighted by atomic mass is 10.0. The van der Waals surface area contributed by atoms with Crippen LogP contribution in [0.3, 0.4) is 0 Å². The van der Waals surface area contributed by atoms with Gasteiger partial charge >= 0.3 is 0 Å². The number of rotatable bonds is 8. The molecule has 1 nitrogen and oxygen atoms in total. The van der Waals surface area contributed by atoms with Crippen molar-refractivity contribution in [3.63, 3.8) is 0 Å². The third-order valence-corrected chi connectivity index (χ3v) is 13.9. The van der Waals surface area contributed by atoms with Crippen molar-refractivity contribution in [1.29, 1.82) is 0 Å². The smallest absolute Gasteiger partial charge is 0.0321 e. The van der Waals surface area contributed by atoms with Crippen molar-refractivity contribution in [3.8, 4) is 0 Å². The average molecular weight is 496 g/mol. The zero-order valence-electron chi connectivity index (χ0n) is 20.7. The molecule has 0 aromatic heterocycles. The van der Waals surface area contributed by atoms with E-state index in [0.717, 1.165) is 6.42 Å². The van der Waals surface area contributed by atoms with E-state index in [1.54, 1.807) is 0 Å². The SMILES string of the molecule is CC[C@@H](C)N(P(c1ccccc1)c1ccccc1)P1[C@H](c2ccccc2)CC[C@H]1c1ccccc1. The van der Waals surface area contributed by atoms with Crippen molar-refractivity contribution in [1.82, 2.24) is 4.44 Å². The first kappa shape index (κ1) is 24.4. The first-order valence-corrected chi connectivity index (χ1v) is 15.6. The summed E-state index contributed by atoms with van der Waals surface area (Å²) < 4.78 is 3.01. The van der Waals surface area contributed by atoms with E-state index in [2.05, 4.69) is 140 Å². The largest absolute Gasteiger partial charge is 0.249 e. The summed E-state index contributed by atoms with van der Waals surface area (Å²) in [5.41, 5.74) is 4.20. The van der Waals surface area contributed by atoms with E-state index in [-0.39, 0.29) is 0 Å². The molecule has 0 amide bonds. The molecule has 1 aliphatic rings. The van der Waals surface area contributed by atoms with Crippen LogP contribution in [-0.4, -0.2) is 10.5 Å². The van der Waals surface area contributed by atoms with Crippen LogP contribution in [-0.2, 0) is 0 Å². The highest BCUT2D eigenvalue weighted by molar-refractivity contribution is 7.79. The topological polar surface area (TPSA) is 3.24 Å². The number of hydrogen-bond donors (Lipinski definition) is 0. The highest BCUT2D eigenvalue weighted by Gasteiger charge is 2.45. The molecule has 0 aliphatic carbocycles. The maximum atomic E-state index is 3.01. The predicted octanol–water partition coefficient (Wildman–Crippen LogP) is 8.81. The van der Waals surface area contributed by atoms with Crippen molar-refractivity contribution in [2.45, 2.75) is 50.5 Å². The minimum absolute atomic E-state index is 0.458. The Bertz CT molecular complexity index is 1080. The third-order valence-electron chi connectivity index (χ3n) is 7.15. The van der Waals surface area contributed by atoms with Gasteiger partial charge in [0.2, 0.25) is 0 Å². The van der Waals surface area contributed by atoms with Gasteiger partial charge in [0.1, 0.15) is 0 Å². The van der Waals surface area contributed by atoms with Crippen LogP contribution in [0.15, 0.2) is 121 Å². The molecule has 1 saturated heterocycles. The maximum absolute atomic E-state index is 3.01. The molecule has 1 heterocycles. The summed E-state index contributed by atoms with van der Waals surface area (Å²) in [5.74, 6) is 0. The van der Waals surface area contributed by atoms with Crippen molar-refractivity contribution >= 4 is 26.8 Å². The summed E-state index contributed by atoms with van der Waals surface area (Å²) in [7, 11) is -1.10. The van der Waals surface area contributed by atoms with Crippen LogP contribution in [0.1, 0.15) is 55.6 Å². The van der Waals surface area contributed by atoms with Crippen molar-refractivity contribution in [2.75, 3.05) is 0 Å². The third kappa shape index (κ3) is 5.29. The van der Waals surface area contributed by atoms with Gasteiger partial charge in [0.25, 0.3) is 0 Å². The van der Waals surface area contributed by atoms with Crippen LogP contribution in [0.2, 0.25) is 0 Å². The monoisotopic (exact) mass is 495 g/mol. The Hall–Kier alpha value is -2.30.